The summed E-state index contributed by atoms with van der Waals surface area (Å²) >= 11 is 0. The number of para-hydroxylation sites is 1. The van der Waals surface area contributed by atoms with E-state index in [1.807, 2.05) is 0 Å². The van der Waals surface area contributed by atoms with Gasteiger partial charge in [0, 0.05) is 16.8 Å². The molecule has 0 N–H and O–H groups in total. The van der Waals surface area contributed by atoms with Gasteiger partial charge in [0.2, 0.25) is 0 Å². The molecule has 1 aliphatic carbocycles. The third-order valence-corrected chi connectivity index (χ3v) is 6.56. The van der Waals surface area contributed by atoms with Crippen LogP contribution in [0.3, 0.4) is 0 Å². The first-order chi connectivity index (χ1) is 13.5. The van der Waals surface area contributed by atoms with Gasteiger partial charge in [-0.25, -0.2) is 16.8 Å². The Hall–Kier alpha value is -0.860. The second-order valence-corrected chi connectivity index (χ2v) is 9.05. The van der Waals surface area contributed by atoms with Crippen LogP contribution in [0.25, 0.3) is 0 Å². The SMILES string of the molecule is O=C1c2cccc(S(=O)(=O)[O-])c2C(=O)C1C1=CCc2ccccc2N1S(=O)(=O)[O-].[Na+].[Na+]. The fourth-order valence-corrected chi connectivity index (χ4v) is 5.25. The molecule has 0 spiro atoms. The average molecular weight is 479 g/mol. The zero-order valence-corrected chi connectivity index (χ0v) is 22.1. The fraction of sp³-hybridized carbons (Fsp3) is 0.111. The standard InChI is InChI=1S/C18H13NO8S2.2Na/c20-17-11-5-3-7-14(28(22,23)24)15(11)18(21)16(17)13-9-8-10-4-1-2-6-12(10)19(13)29(25,26)27;;/h1-7,9,16H,8H2,(H,22,23,24)(H,25,26,27);;/q;2*+1/p-2. The molecule has 2 aromatic carbocycles. The van der Waals surface area contributed by atoms with E-state index in [0.717, 1.165) is 12.1 Å². The molecule has 1 heterocycles. The third-order valence-electron chi connectivity index (χ3n) is 4.83. The minimum absolute atomic E-state index is 0. The summed E-state index contributed by atoms with van der Waals surface area (Å²) in [5.74, 6) is -3.67. The van der Waals surface area contributed by atoms with Crippen molar-refractivity contribution in [2.75, 3.05) is 4.31 Å². The van der Waals surface area contributed by atoms with E-state index < -0.39 is 48.4 Å². The normalized spacial score (nSPS) is 17.8. The van der Waals surface area contributed by atoms with E-state index in [-0.39, 0.29) is 82.5 Å². The van der Waals surface area contributed by atoms with Crippen LogP contribution in [0.2, 0.25) is 0 Å². The Kier molecular flexibility index (Phi) is 7.81. The molecule has 0 radical (unpaired) electrons. The molecule has 150 valence electrons. The Morgan fingerprint density at radius 3 is 2.13 bits per heavy atom. The van der Waals surface area contributed by atoms with E-state index in [0.29, 0.717) is 9.87 Å². The first-order valence-electron chi connectivity index (χ1n) is 8.23. The summed E-state index contributed by atoms with van der Waals surface area (Å²) in [5, 5.41) is 0. The molecule has 0 fully saturated rings. The van der Waals surface area contributed by atoms with Gasteiger partial charge in [-0.2, -0.15) is 0 Å². The van der Waals surface area contributed by atoms with Crippen LogP contribution in [0.5, 0.6) is 0 Å². The zero-order valence-electron chi connectivity index (χ0n) is 16.4. The quantitative estimate of drug-likeness (QED) is 0.241. The van der Waals surface area contributed by atoms with Crippen molar-refractivity contribution < 1.29 is 94.6 Å². The van der Waals surface area contributed by atoms with Crippen molar-refractivity contribution in [2.45, 2.75) is 11.3 Å². The average Bonchev–Trinajstić information content (AvgIpc) is 2.90. The van der Waals surface area contributed by atoms with E-state index in [1.165, 1.54) is 24.3 Å². The molecule has 9 nitrogen and oxygen atoms in total. The van der Waals surface area contributed by atoms with E-state index in [4.69, 9.17) is 0 Å². The molecule has 0 saturated heterocycles. The second kappa shape index (κ2) is 9.18. The van der Waals surface area contributed by atoms with Crippen LogP contribution in [-0.4, -0.2) is 37.5 Å². The molecule has 0 aromatic heterocycles. The molecule has 31 heavy (non-hydrogen) atoms. The van der Waals surface area contributed by atoms with E-state index in [9.17, 15) is 35.5 Å². The number of carbonyl (C=O) groups is 2. The number of hydrogen-bond acceptors (Lipinski definition) is 8. The zero-order chi connectivity index (χ0) is 21.1. The molecule has 2 aliphatic rings. The molecule has 2 aromatic rings. The molecule has 13 heteroatoms. The number of carbonyl (C=O) groups excluding carboxylic acids is 2. The van der Waals surface area contributed by atoms with Crippen LogP contribution in [0.15, 0.2) is 59.1 Å². The van der Waals surface area contributed by atoms with Crippen molar-refractivity contribution in [2.24, 2.45) is 5.92 Å². The number of nitrogens with zero attached hydrogens (tertiary/aromatic N) is 1. The number of Topliss-reactive ketones (excluding diaryl/α,β-unsaturated/α-hetero) is 2. The maximum atomic E-state index is 13.0. The Labute approximate surface area is 222 Å². The van der Waals surface area contributed by atoms with E-state index >= 15 is 0 Å². The van der Waals surface area contributed by atoms with Crippen molar-refractivity contribution in [3.8, 4) is 0 Å². The molecular weight excluding hydrogens is 468 g/mol. The van der Waals surface area contributed by atoms with E-state index in [1.54, 1.807) is 12.1 Å². The molecule has 0 amide bonds. The van der Waals surface area contributed by atoms with Crippen LogP contribution in [0.4, 0.5) is 5.69 Å². The van der Waals surface area contributed by atoms with Crippen molar-refractivity contribution in [3.63, 3.8) is 0 Å². The predicted molar refractivity (Wildman–Crippen MR) is 97.0 cm³/mol. The van der Waals surface area contributed by atoms with Gasteiger partial charge in [-0.3, -0.25) is 13.9 Å². The minimum Gasteiger partial charge on any atom is -0.744 e. The molecule has 0 bridgehead atoms. The number of hydrogen-bond donors (Lipinski definition) is 0. The predicted octanol–water partition coefficient (Wildman–Crippen LogP) is -5.00. The van der Waals surface area contributed by atoms with Gasteiger partial charge in [-0.1, -0.05) is 36.4 Å². The second-order valence-electron chi connectivity index (χ2n) is 6.48. The van der Waals surface area contributed by atoms with Gasteiger partial charge in [0.15, 0.2) is 21.9 Å². The van der Waals surface area contributed by atoms with Crippen LogP contribution >= 0.6 is 0 Å². The molecule has 1 atom stereocenters. The third kappa shape index (κ3) is 4.49. The van der Waals surface area contributed by atoms with Crippen molar-refractivity contribution in [1.29, 1.82) is 0 Å². The van der Waals surface area contributed by atoms with Gasteiger partial charge in [0.1, 0.15) is 16.0 Å². The Bertz CT molecular complexity index is 1340. The Morgan fingerprint density at radius 1 is 0.871 bits per heavy atom. The molecular formula is C18H11NNa2O8S2. The number of rotatable bonds is 3. The van der Waals surface area contributed by atoms with Gasteiger partial charge in [-0.05, 0) is 24.1 Å². The van der Waals surface area contributed by atoms with Crippen LogP contribution < -0.4 is 63.4 Å². The number of fused-ring (bicyclic) bond motifs is 2. The first-order valence-corrected chi connectivity index (χ1v) is 11.0. The number of allylic oxidation sites excluding steroid dienone is 2. The van der Waals surface area contributed by atoms with Crippen LogP contribution in [0.1, 0.15) is 26.3 Å². The van der Waals surface area contributed by atoms with Crippen molar-refractivity contribution in [3.05, 3.63) is 70.9 Å². The summed E-state index contributed by atoms with van der Waals surface area (Å²) < 4.78 is 70.9. The Morgan fingerprint density at radius 2 is 1.52 bits per heavy atom. The fourth-order valence-electron chi connectivity index (χ4n) is 3.69. The molecule has 0 saturated carbocycles. The van der Waals surface area contributed by atoms with Gasteiger partial charge in [0.05, 0.1) is 10.6 Å². The summed E-state index contributed by atoms with van der Waals surface area (Å²) in [5.41, 5.74) is -0.762. The van der Waals surface area contributed by atoms with Crippen LogP contribution in [0, 0.1) is 5.92 Å². The van der Waals surface area contributed by atoms with Crippen molar-refractivity contribution >= 4 is 37.7 Å². The summed E-state index contributed by atoms with van der Waals surface area (Å²) in [6, 6.07) is 9.32. The van der Waals surface area contributed by atoms with Crippen LogP contribution in [-0.2, 0) is 26.8 Å². The maximum Gasteiger partial charge on any atom is 1.00 e. The van der Waals surface area contributed by atoms with Crippen molar-refractivity contribution in [1.82, 2.24) is 0 Å². The molecule has 4 rings (SSSR count). The van der Waals surface area contributed by atoms with Gasteiger partial charge in [-0.15, -0.1) is 0 Å². The van der Waals surface area contributed by atoms with Gasteiger partial charge < -0.3 is 9.11 Å². The van der Waals surface area contributed by atoms with E-state index in [2.05, 4.69) is 0 Å². The largest absolute Gasteiger partial charge is 1.00 e. The first kappa shape index (κ1) is 26.4. The smallest absolute Gasteiger partial charge is 0.744 e. The summed E-state index contributed by atoms with van der Waals surface area (Å²) in [6.07, 6.45) is 1.42. The summed E-state index contributed by atoms with van der Waals surface area (Å²) in [7, 11) is -10.2. The number of benzene rings is 2. The molecule has 1 aliphatic heterocycles. The minimum atomic E-state index is -5.17. The maximum absolute atomic E-state index is 13.0. The monoisotopic (exact) mass is 479 g/mol. The summed E-state index contributed by atoms with van der Waals surface area (Å²) in [4.78, 5) is 25.0. The summed E-state index contributed by atoms with van der Waals surface area (Å²) in [6.45, 7) is 0. The topological polar surface area (TPSA) is 152 Å². The van der Waals surface area contributed by atoms with Gasteiger partial charge >= 0.3 is 59.1 Å². The molecule has 1 unspecified atom stereocenters. The number of ketones is 2. The van der Waals surface area contributed by atoms with Gasteiger partial charge in [0.25, 0.3) is 0 Å². The number of anilines is 1. The Balaban J connectivity index is 0.00000171.